The van der Waals surface area contributed by atoms with Crippen molar-refractivity contribution in [2.24, 2.45) is 0 Å². The van der Waals surface area contributed by atoms with Crippen LogP contribution in [-0.2, 0) is 0 Å². The van der Waals surface area contributed by atoms with Gasteiger partial charge < -0.3 is 0 Å². The average molecular weight is 326 g/mol. The molecule has 25 heavy (non-hydrogen) atoms. The minimum Gasteiger partial charge on any atom is -0.248 e. The molecule has 0 bridgehead atoms. The molecule has 4 nitrogen and oxygen atoms in total. The second kappa shape index (κ2) is 6.32. The van der Waals surface area contributed by atoms with Crippen molar-refractivity contribution in [3.63, 3.8) is 0 Å². The zero-order valence-corrected chi connectivity index (χ0v) is 14.2. The van der Waals surface area contributed by atoms with Crippen molar-refractivity contribution in [1.29, 1.82) is 0 Å². The van der Waals surface area contributed by atoms with E-state index in [1.54, 1.807) is 0 Å². The average Bonchev–Trinajstić information content (AvgIpc) is 3.11. The lowest BCUT2D eigenvalue weighted by molar-refractivity contribution is 0.833. The van der Waals surface area contributed by atoms with Crippen LogP contribution in [0.1, 0.15) is 13.8 Å². The molecular formula is C21H18N4. The largest absolute Gasteiger partial charge is 0.248 e. The molecule has 122 valence electrons. The zero-order chi connectivity index (χ0) is 17.2. The fraction of sp³-hybridized carbons (Fsp3) is 0.0952. The van der Waals surface area contributed by atoms with Crippen molar-refractivity contribution in [2.45, 2.75) is 13.8 Å². The maximum atomic E-state index is 4.77. The molecular weight excluding hydrogens is 308 g/mol. The van der Waals surface area contributed by atoms with Gasteiger partial charge in [-0.2, -0.15) is 0 Å². The fourth-order valence-electron chi connectivity index (χ4n) is 3.08. The Bertz CT molecular complexity index is 1120. The summed E-state index contributed by atoms with van der Waals surface area (Å²) in [6, 6.07) is 24.3. The van der Waals surface area contributed by atoms with Crippen molar-refractivity contribution < 1.29 is 0 Å². The van der Waals surface area contributed by atoms with Gasteiger partial charge in [-0.25, -0.2) is 9.67 Å². The molecule has 3 aromatic carbocycles. The molecule has 0 unspecified atom stereocenters. The van der Waals surface area contributed by atoms with E-state index < -0.39 is 0 Å². The molecule has 5 rings (SSSR count). The molecule has 0 aliphatic heterocycles. The van der Waals surface area contributed by atoms with Gasteiger partial charge in [-0.05, 0) is 24.3 Å². The van der Waals surface area contributed by atoms with Crippen molar-refractivity contribution in [3.8, 4) is 5.69 Å². The first-order valence-corrected chi connectivity index (χ1v) is 8.50. The molecule has 0 saturated heterocycles. The first kappa shape index (κ1) is 15.3. The smallest absolute Gasteiger partial charge is 0.113 e. The topological polar surface area (TPSA) is 43.6 Å². The van der Waals surface area contributed by atoms with Crippen LogP contribution < -0.4 is 0 Å². The molecule has 0 amide bonds. The second-order valence-corrected chi connectivity index (χ2v) is 5.48. The van der Waals surface area contributed by atoms with Crippen LogP contribution in [0.3, 0.4) is 0 Å². The summed E-state index contributed by atoms with van der Waals surface area (Å²) in [5, 5.41) is 10.8. The molecule has 2 heterocycles. The van der Waals surface area contributed by atoms with Crippen LogP contribution in [0.5, 0.6) is 0 Å². The van der Waals surface area contributed by atoms with Gasteiger partial charge in [-0.15, -0.1) is 5.10 Å². The number of hydrogen-bond acceptors (Lipinski definition) is 3. The van der Waals surface area contributed by atoms with E-state index in [0.29, 0.717) is 0 Å². The summed E-state index contributed by atoms with van der Waals surface area (Å²) >= 11 is 0. The number of fused-ring (bicyclic) bond motifs is 3. The van der Waals surface area contributed by atoms with Gasteiger partial charge in [0.15, 0.2) is 0 Å². The molecule has 0 spiro atoms. The molecule has 2 aromatic heterocycles. The maximum Gasteiger partial charge on any atom is 0.113 e. The van der Waals surface area contributed by atoms with Crippen molar-refractivity contribution in [3.05, 3.63) is 72.8 Å². The third-order valence-electron chi connectivity index (χ3n) is 4.12. The highest BCUT2D eigenvalue weighted by atomic mass is 15.4. The molecule has 0 aliphatic rings. The highest BCUT2D eigenvalue weighted by molar-refractivity contribution is 6.04. The molecule has 5 aromatic rings. The van der Waals surface area contributed by atoms with E-state index >= 15 is 0 Å². The Morgan fingerprint density at radius 3 is 1.80 bits per heavy atom. The lowest BCUT2D eigenvalue weighted by Crippen LogP contribution is -2.00. The summed E-state index contributed by atoms with van der Waals surface area (Å²) < 4.78 is 1.92. The van der Waals surface area contributed by atoms with Crippen LogP contribution in [0.4, 0.5) is 0 Å². The Balaban J connectivity index is 0.000000758. The highest BCUT2D eigenvalue weighted by Gasteiger charge is 2.14. The zero-order valence-electron chi connectivity index (χ0n) is 14.2. The first-order chi connectivity index (χ1) is 12.4. The fourth-order valence-corrected chi connectivity index (χ4v) is 3.08. The quantitative estimate of drug-likeness (QED) is 0.400. The van der Waals surface area contributed by atoms with Gasteiger partial charge in [0.05, 0.1) is 22.2 Å². The summed E-state index contributed by atoms with van der Waals surface area (Å²) in [5.41, 5.74) is 4.83. The summed E-state index contributed by atoms with van der Waals surface area (Å²) in [5.74, 6) is 0. The number of nitrogens with zero attached hydrogens (tertiary/aromatic N) is 4. The molecule has 0 aliphatic carbocycles. The minimum atomic E-state index is 0.887. The Morgan fingerprint density at radius 1 is 0.640 bits per heavy atom. The number of benzene rings is 3. The van der Waals surface area contributed by atoms with E-state index in [-0.39, 0.29) is 0 Å². The second-order valence-electron chi connectivity index (χ2n) is 5.48. The lowest BCUT2D eigenvalue weighted by Gasteiger charge is -2.11. The molecule has 0 fully saturated rings. The number of pyridine rings is 1. The molecule has 0 atom stereocenters. The van der Waals surface area contributed by atoms with Crippen molar-refractivity contribution in [2.75, 3.05) is 0 Å². The Hall–Kier alpha value is -3.27. The van der Waals surface area contributed by atoms with E-state index in [0.717, 1.165) is 38.5 Å². The number of rotatable bonds is 1. The van der Waals surface area contributed by atoms with Crippen LogP contribution in [-0.4, -0.2) is 20.0 Å². The standard InChI is InChI=1S/C19H12N4.C2H6/c1-3-9-15-13(7-1)19(14-8-2-4-10-16(14)20-15)23-18-12-6-5-11-17(18)21-22-23;1-2/h1-12H;1-2H3. The molecule has 0 N–H and O–H groups in total. The highest BCUT2D eigenvalue weighted by Crippen LogP contribution is 2.30. The summed E-state index contributed by atoms with van der Waals surface area (Å²) in [6.07, 6.45) is 0. The SMILES string of the molecule is CC.c1ccc2c(-n3nnc4ccccc43)c3ccccc3nc2c1. The van der Waals surface area contributed by atoms with Gasteiger partial charge in [0, 0.05) is 10.8 Å². The van der Waals surface area contributed by atoms with Gasteiger partial charge in [-0.1, -0.05) is 67.6 Å². The van der Waals surface area contributed by atoms with Crippen LogP contribution >= 0.6 is 0 Å². The summed E-state index contributed by atoms with van der Waals surface area (Å²) in [6.45, 7) is 4.00. The number of hydrogen-bond donors (Lipinski definition) is 0. The predicted molar refractivity (Wildman–Crippen MR) is 103 cm³/mol. The van der Waals surface area contributed by atoms with Crippen LogP contribution in [0, 0.1) is 0 Å². The van der Waals surface area contributed by atoms with E-state index in [4.69, 9.17) is 4.98 Å². The van der Waals surface area contributed by atoms with Gasteiger partial charge in [0.2, 0.25) is 0 Å². The van der Waals surface area contributed by atoms with Crippen molar-refractivity contribution >= 4 is 32.8 Å². The predicted octanol–water partition coefficient (Wildman–Crippen LogP) is 5.15. The van der Waals surface area contributed by atoms with E-state index in [9.17, 15) is 0 Å². The normalized spacial score (nSPS) is 10.8. The van der Waals surface area contributed by atoms with Gasteiger partial charge in [0.1, 0.15) is 5.52 Å². The number of para-hydroxylation sites is 3. The van der Waals surface area contributed by atoms with E-state index in [1.165, 1.54) is 0 Å². The molecule has 0 radical (unpaired) electrons. The van der Waals surface area contributed by atoms with E-state index in [1.807, 2.05) is 79.2 Å². The van der Waals surface area contributed by atoms with Crippen LogP contribution in [0.15, 0.2) is 72.8 Å². The minimum absolute atomic E-state index is 0.887. The lowest BCUT2D eigenvalue weighted by atomic mass is 10.1. The first-order valence-electron chi connectivity index (χ1n) is 8.50. The van der Waals surface area contributed by atoms with E-state index in [2.05, 4.69) is 22.4 Å². The third kappa shape index (κ3) is 2.43. The molecule has 0 saturated carbocycles. The monoisotopic (exact) mass is 326 g/mol. The van der Waals surface area contributed by atoms with Crippen LogP contribution in [0.2, 0.25) is 0 Å². The van der Waals surface area contributed by atoms with Crippen molar-refractivity contribution in [1.82, 2.24) is 20.0 Å². The van der Waals surface area contributed by atoms with Crippen LogP contribution in [0.25, 0.3) is 38.5 Å². The van der Waals surface area contributed by atoms with Gasteiger partial charge >= 0.3 is 0 Å². The number of aromatic nitrogens is 4. The molecule has 4 heteroatoms. The summed E-state index contributed by atoms with van der Waals surface area (Å²) in [7, 11) is 0. The van der Waals surface area contributed by atoms with Gasteiger partial charge in [-0.3, -0.25) is 0 Å². The Morgan fingerprint density at radius 2 is 1.16 bits per heavy atom. The van der Waals surface area contributed by atoms with Gasteiger partial charge in [0.25, 0.3) is 0 Å². The Kier molecular flexibility index (Phi) is 3.86. The maximum absolute atomic E-state index is 4.77. The third-order valence-corrected chi connectivity index (χ3v) is 4.12. The Labute approximate surface area is 145 Å². The summed E-state index contributed by atoms with van der Waals surface area (Å²) in [4.78, 5) is 4.77.